The molecule has 3 aromatic rings. The quantitative estimate of drug-likeness (QED) is 0.445. The summed E-state index contributed by atoms with van der Waals surface area (Å²) in [6.07, 6.45) is -1.26. The van der Waals surface area contributed by atoms with Gasteiger partial charge < -0.3 is 14.9 Å². The Labute approximate surface area is 141 Å². The Morgan fingerprint density at radius 1 is 1.08 bits per heavy atom. The molecule has 1 aromatic heterocycles. The van der Waals surface area contributed by atoms with Crippen molar-refractivity contribution in [2.75, 3.05) is 0 Å². The number of Topliss-reactive ketones (excluding diaryl/α,β-unsaturated/α-hetero) is 1. The number of furan rings is 1. The van der Waals surface area contributed by atoms with Gasteiger partial charge in [-0.15, -0.1) is 0 Å². The molecule has 0 aliphatic carbocycles. The number of carbonyl (C=O) groups excluding carboxylic acids is 3. The first-order chi connectivity index (χ1) is 11.9. The van der Waals surface area contributed by atoms with E-state index in [1.54, 1.807) is 0 Å². The third-order valence-corrected chi connectivity index (χ3v) is 3.60. The maximum atomic E-state index is 13.2. The van der Waals surface area contributed by atoms with Crippen molar-refractivity contribution in [1.82, 2.24) is 0 Å². The normalized spacial score (nSPS) is 10.6. The Kier molecular flexibility index (Phi) is 4.06. The van der Waals surface area contributed by atoms with Crippen LogP contribution in [0.2, 0.25) is 0 Å². The largest absolute Gasteiger partial charge is 0.455 e. The number of halogens is 1. The number of nitrogens with two attached hydrogens (primary N) is 1. The fraction of sp³-hybridized carbons (Fsp3) is 0.0556. The number of esters is 1. The van der Waals surface area contributed by atoms with Crippen LogP contribution in [0.3, 0.4) is 0 Å². The van der Waals surface area contributed by atoms with Crippen molar-refractivity contribution in [3.05, 3.63) is 59.4 Å². The maximum absolute atomic E-state index is 13.2. The molecule has 1 heterocycles. The zero-order valence-corrected chi connectivity index (χ0v) is 13.0. The van der Waals surface area contributed by atoms with E-state index in [-0.39, 0.29) is 22.7 Å². The molecule has 0 saturated heterocycles. The first kappa shape index (κ1) is 16.4. The number of primary amides is 1. The number of ketones is 1. The fourth-order valence-electron chi connectivity index (χ4n) is 2.47. The number of benzene rings is 2. The summed E-state index contributed by atoms with van der Waals surface area (Å²) < 4.78 is 23.3. The average Bonchev–Trinajstić information content (AvgIpc) is 2.93. The molecule has 126 valence electrons. The van der Waals surface area contributed by atoms with E-state index < -0.39 is 17.9 Å². The first-order valence-corrected chi connectivity index (χ1v) is 7.22. The van der Waals surface area contributed by atoms with E-state index in [1.165, 1.54) is 49.4 Å². The highest BCUT2D eigenvalue weighted by Gasteiger charge is 2.25. The summed E-state index contributed by atoms with van der Waals surface area (Å²) in [4.78, 5) is 34.7. The van der Waals surface area contributed by atoms with Crippen molar-refractivity contribution < 1.29 is 27.9 Å². The van der Waals surface area contributed by atoms with Crippen molar-refractivity contribution in [3.8, 4) is 11.3 Å². The first-order valence-electron chi connectivity index (χ1n) is 7.22. The standard InChI is InChI=1S/C18H12FNO5/c1-9(21)11-4-7-13-14(8-11)24-16(10-2-5-12(19)6-3-10)15(13)17(22)25-18(20)23/h2-8H,1H3,(H2,20,23). The molecule has 0 atom stereocenters. The van der Waals surface area contributed by atoms with Crippen LogP contribution in [-0.4, -0.2) is 17.8 Å². The highest BCUT2D eigenvalue weighted by Crippen LogP contribution is 2.35. The second kappa shape index (κ2) is 6.20. The molecule has 7 heteroatoms. The number of fused-ring (bicyclic) bond motifs is 1. The predicted octanol–water partition coefficient (Wildman–Crippen LogP) is 3.68. The molecule has 0 saturated carbocycles. The Bertz CT molecular complexity index is 1000. The van der Waals surface area contributed by atoms with Gasteiger partial charge in [0, 0.05) is 16.5 Å². The minimum absolute atomic E-state index is 0.0319. The number of hydrogen-bond donors (Lipinski definition) is 1. The van der Waals surface area contributed by atoms with Crippen LogP contribution < -0.4 is 5.73 Å². The zero-order chi connectivity index (χ0) is 18.1. The van der Waals surface area contributed by atoms with Gasteiger partial charge in [0.25, 0.3) is 0 Å². The molecule has 0 bridgehead atoms. The third kappa shape index (κ3) is 3.12. The van der Waals surface area contributed by atoms with Crippen molar-refractivity contribution in [2.45, 2.75) is 6.92 Å². The van der Waals surface area contributed by atoms with Crippen LogP contribution in [0.5, 0.6) is 0 Å². The van der Waals surface area contributed by atoms with Gasteiger partial charge in [-0.25, -0.2) is 14.0 Å². The number of amides is 1. The van der Waals surface area contributed by atoms with Gasteiger partial charge in [0.2, 0.25) is 0 Å². The van der Waals surface area contributed by atoms with Crippen molar-refractivity contribution >= 4 is 28.8 Å². The molecule has 0 aliphatic rings. The summed E-state index contributed by atoms with van der Waals surface area (Å²) in [6.45, 7) is 1.40. The maximum Gasteiger partial charge on any atom is 0.412 e. The summed E-state index contributed by atoms with van der Waals surface area (Å²) in [5, 5.41) is 0.343. The van der Waals surface area contributed by atoms with Gasteiger partial charge in [0.1, 0.15) is 22.7 Å². The Morgan fingerprint density at radius 2 is 1.76 bits per heavy atom. The topological polar surface area (TPSA) is 99.6 Å². The highest BCUT2D eigenvalue weighted by molar-refractivity contribution is 6.12. The van der Waals surface area contributed by atoms with Crippen LogP contribution in [0.4, 0.5) is 9.18 Å². The van der Waals surface area contributed by atoms with E-state index in [1.807, 2.05) is 0 Å². The van der Waals surface area contributed by atoms with Crippen LogP contribution in [0.25, 0.3) is 22.3 Å². The molecule has 6 nitrogen and oxygen atoms in total. The second-order valence-corrected chi connectivity index (χ2v) is 5.29. The summed E-state index contributed by atoms with van der Waals surface area (Å²) in [6, 6.07) is 9.75. The lowest BCUT2D eigenvalue weighted by Gasteiger charge is -2.02. The van der Waals surface area contributed by atoms with E-state index in [9.17, 15) is 18.8 Å². The zero-order valence-electron chi connectivity index (χ0n) is 13.0. The third-order valence-electron chi connectivity index (χ3n) is 3.60. The summed E-state index contributed by atoms with van der Waals surface area (Å²) in [5.74, 6) is -1.55. The molecular formula is C18H12FNO5. The van der Waals surface area contributed by atoms with E-state index in [2.05, 4.69) is 4.74 Å². The van der Waals surface area contributed by atoms with Crippen LogP contribution in [0, 0.1) is 5.82 Å². The molecule has 2 N–H and O–H groups in total. The summed E-state index contributed by atoms with van der Waals surface area (Å²) in [5.41, 5.74) is 5.92. The van der Waals surface area contributed by atoms with Gasteiger partial charge in [-0.05, 0) is 43.3 Å². The van der Waals surface area contributed by atoms with E-state index >= 15 is 0 Å². The van der Waals surface area contributed by atoms with Gasteiger partial charge in [-0.2, -0.15) is 0 Å². The van der Waals surface area contributed by atoms with Crippen LogP contribution in [-0.2, 0) is 4.74 Å². The number of hydrogen-bond acceptors (Lipinski definition) is 5. The minimum Gasteiger partial charge on any atom is -0.455 e. The Hall–Kier alpha value is -3.48. The summed E-state index contributed by atoms with van der Waals surface area (Å²) in [7, 11) is 0. The van der Waals surface area contributed by atoms with Gasteiger partial charge >= 0.3 is 12.1 Å². The monoisotopic (exact) mass is 341 g/mol. The van der Waals surface area contributed by atoms with Crippen LogP contribution >= 0.6 is 0 Å². The van der Waals surface area contributed by atoms with Gasteiger partial charge in [-0.3, -0.25) is 4.79 Å². The SMILES string of the molecule is CC(=O)c1ccc2c(C(=O)OC(N)=O)c(-c3ccc(F)cc3)oc2c1. The lowest BCUT2D eigenvalue weighted by molar-refractivity contribution is 0.0640. The molecule has 3 rings (SSSR count). The van der Waals surface area contributed by atoms with Crippen molar-refractivity contribution in [2.24, 2.45) is 5.73 Å². The molecule has 0 aliphatic heterocycles. The molecule has 2 aromatic carbocycles. The lowest BCUT2D eigenvalue weighted by atomic mass is 10.0. The molecule has 0 unspecified atom stereocenters. The number of ether oxygens (including phenoxy) is 1. The molecule has 0 fully saturated rings. The smallest absolute Gasteiger partial charge is 0.412 e. The van der Waals surface area contributed by atoms with Crippen LogP contribution in [0.15, 0.2) is 46.9 Å². The van der Waals surface area contributed by atoms with E-state index in [0.717, 1.165) is 0 Å². The van der Waals surface area contributed by atoms with Crippen molar-refractivity contribution in [3.63, 3.8) is 0 Å². The van der Waals surface area contributed by atoms with Gasteiger partial charge in [0.05, 0.1) is 0 Å². The Balaban J connectivity index is 2.25. The molecular weight excluding hydrogens is 329 g/mol. The molecule has 25 heavy (non-hydrogen) atoms. The molecule has 1 amide bonds. The Morgan fingerprint density at radius 3 is 2.36 bits per heavy atom. The fourth-order valence-corrected chi connectivity index (χ4v) is 2.47. The average molecular weight is 341 g/mol. The molecule has 0 spiro atoms. The number of carbonyl (C=O) groups is 3. The highest BCUT2D eigenvalue weighted by atomic mass is 19.1. The predicted molar refractivity (Wildman–Crippen MR) is 86.6 cm³/mol. The van der Waals surface area contributed by atoms with E-state index in [0.29, 0.717) is 16.5 Å². The lowest BCUT2D eigenvalue weighted by Crippen LogP contribution is -2.18. The summed E-state index contributed by atoms with van der Waals surface area (Å²) >= 11 is 0. The van der Waals surface area contributed by atoms with Gasteiger partial charge in [-0.1, -0.05) is 6.07 Å². The van der Waals surface area contributed by atoms with Gasteiger partial charge in [0.15, 0.2) is 5.78 Å². The minimum atomic E-state index is -1.26. The molecule has 0 radical (unpaired) electrons. The van der Waals surface area contributed by atoms with Crippen LogP contribution in [0.1, 0.15) is 27.6 Å². The van der Waals surface area contributed by atoms with Crippen molar-refractivity contribution in [1.29, 1.82) is 0 Å². The second-order valence-electron chi connectivity index (χ2n) is 5.29. The number of rotatable bonds is 3. The van der Waals surface area contributed by atoms with E-state index in [4.69, 9.17) is 10.2 Å².